The fourth-order valence-electron chi connectivity index (χ4n) is 0.122. The molecule has 0 N–H and O–H groups in total. The van der Waals surface area contributed by atoms with Gasteiger partial charge in [0.15, 0.2) is 0 Å². The van der Waals surface area contributed by atoms with Crippen molar-refractivity contribution in [3.8, 4) is 0 Å². The van der Waals surface area contributed by atoms with Gasteiger partial charge in [-0.1, -0.05) is 0 Å². The Hall–Kier alpha value is 0.558. The van der Waals surface area contributed by atoms with Crippen LogP contribution >= 0.6 is 15.6 Å². The van der Waals surface area contributed by atoms with Crippen LogP contribution < -0.4 is 19.6 Å². The van der Waals surface area contributed by atoms with Crippen molar-refractivity contribution in [2.75, 3.05) is 0 Å². The summed E-state index contributed by atoms with van der Waals surface area (Å²) in [5.41, 5.74) is 0. The number of hydrogen-bond donors (Lipinski definition) is 0. The van der Waals surface area contributed by atoms with Crippen LogP contribution in [0.5, 0.6) is 0 Å². The second-order valence-electron chi connectivity index (χ2n) is 0.976. The summed E-state index contributed by atoms with van der Waals surface area (Å²) in [4.78, 5) is 37.3. The van der Waals surface area contributed by atoms with Gasteiger partial charge in [-0.2, -0.15) is 0 Å². The summed E-state index contributed by atoms with van der Waals surface area (Å²) < 4.78 is 21.2. The van der Waals surface area contributed by atoms with Crippen molar-refractivity contribution in [2.24, 2.45) is 0 Å². The Morgan fingerprint density at radius 1 is 0.867 bits per heavy atom. The van der Waals surface area contributed by atoms with Crippen LogP contribution in [0.15, 0.2) is 0 Å². The van der Waals surface area contributed by atoms with Crippen LogP contribution in [0.25, 0.3) is 0 Å². The van der Waals surface area contributed by atoms with E-state index in [9.17, 15) is 28.7 Å². The molecule has 0 amide bonds. The molecule has 0 aliphatic rings. The summed E-state index contributed by atoms with van der Waals surface area (Å²) in [5.74, 6) is 0. The molecule has 0 bridgehead atoms. The van der Waals surface area contributed by atoms with Crippen molar-refractivity contribution in [3.63, 3.8) is 0 Å². The molecular formula is C2CuN2O7P2Sn. The Balaban J connectivity index is -0.0000000496. The van der Waals surface area contributed by atoms with Gasteiger partial charge >= 0.3 is 41.0 Å². The first kappa shape index (κ1) is 29.6. The van der Waals surface area contributed by atoms with E-state index in [-0.39, 0.29) is 41.0 Å². The summed E-state index contributed by atoms with van der Waals surface area (Å²) in [5, 5.41) is 12.5. The zero-order valence-electron chi connectivity index (χ0n) is 6.45. The van der Waals surface area contributed by atoms with E-state index in [0.717, 1.165) is 0 Å². The van der Waals surface area contributed by atoms with Gasteiger partial charge in [0.1, 0.15) is 0 Å². The van der Waals surface area contributed by atoms with Gasteiger partial charge in [0.05, 0.1) is 15.6 Å². The van der Waals surface area contributed by atoms with Gasteiger partial charge in [-0.3, -0.25) is 0 Å². The molecule has 0 saturated heterocycles. The van der Waals surface area contributed by atoms with Gasteiger partial charge in [0.2, 0.25) is 0 Å². The number of nitrogens with zero attached hydrogens (tertiary/aromatic N) is 2. The summed E-state index contributed by atoms with van der Waals surface area (Å²) in [6.07, 6.45) is 0. The van der Waals surface area contributed by atoms with E-state index in [1.54, 1.807) is 0 Å². The zero-order chi connectivity index (χ0) is 11.7. The molecule has 0 spiro atoms. The predicted molar refractivity (Wildman–Crippen MR) is 32.0 cm³/mol. The van der Waals surface area contributed by atoms with Crippen molar-refractivity contribution in [3.05, 3.63) is 13.1 Å². The average molecular weight is 408 g/mol. The van der Waals surface area contributed by atoms with Crippen LogP contribution in [-0.4, -0.2) is 23.9 Å². The van der Waals surface area contributed by atoms with Crippen LogP contribution in [0.4, 0.5) is 0 Å². The maximum absolute atomic E-state index is 9.32. The summed E-state index contributed by atoms with van der Waals surface area (Å²) >= 11 is 0. The van der Waals surface area contributed by atoms with E-state index in [2.05, 4.69) is 4.31 Å². The minimum atomic E-state index is -5.68. The van der Waals surface area contributed by atoms with Crippen LogP contribution in [0, 0.1) is 23.7 Å². The minimum Gasteiger partial charge on any atom is -0.790 e. The monoisotopic (exact) mass is 409 g/mol. The number of phosphoric acid groups is 2. The molecule has 13 heteroatoms. The summed E-state index contributed by atoms with van der Waals surface area (Å²) in [7, 11) is -11.4. The molecule has 0 atom stereocenters. The van der Waals surface area contributed by atoms with E-state index < -0.39 is 15.6 Å². The molecule has 0 aliphatic carbocycles. The van der Waals surface area contributed by atoms with Crippen LogP contribution in [0.2, 0.25) is 0 Å². The van der Waals surface area contributed by atoms with Gasteiger partial charge in [0, 0.05) is 0 Å². The second kappa shape index (κ2) is 14.6. The average Bonchev–Trinajstić information content (AvgIpc) is 1.88. The van der Waals surface area contributed by atoms with E-state index in [0.29, 0.717) is 0 Å². The number of rotatable bonds is 2. The normalized spacial score (nSPS) is 8.53. The van der Waals surface area contributed by atoms with Crippen LogP contribution in [0.3, 0.4) is 0 Å². The Morgan fingerprint density at radius 2 is 1.00 bits per heavy atom. The Morgan fingerprint density at radius 3 is 1.00 bits per heavy atom. The molecule has 0 heterocycles. The maximum Gasteiger partial charge on any atom is 4.00 e. The van der Waals surface area contributed by atoms with Gasteiger partial charge < -0.3 is 56.7 Å². The number of hydrogen-bond acceptors (Lipinski definition) is 9. The minimum absolute atomic E-state index is 0. The van der Waals surface area contributed by atoms with Crippen molar-refractivity contribution >= 4 is 39.6 Å². The second-order valence-corrected chi connectivity index (χ2v) is 3.42. The van der Waals surface area contributed by atoms with Crippen molar-refractivity contribution in [1.82, 2.24) is 0 Å². The van der Waals surface area contributed by atoms with E-state index in [4.69, 9.17) is 23.7 Å². The molecule has 0 aromatic rings. The molecule has 0 aromatic heterocycles. The molecule has 0 unspecified atom stereocenters. The quantitative estimate of drug-likeness (QED) is 0.254. The molecule has 0 saturated carbocycles. The first-order valence-electron chi connectivity index (χ1n) is 1.91. The third-order valence-electron chi connectivity index (χ3n) is 0.200. The topological polar surface area (TPSA) is 183 Å². The molecule has 0 aliphatic heterocycles. The third-order valence-corrected chi connectivity index (χ3v) is 1.80. The summed E-state index contributed by atoms with van der Waals surface area (Å²) in [6.45, 7) is 9.50. The fraction of sp³-hybridized carbons (Fsp3) is 0. The van der Waals surface area contributed by atoms with E-state index >= 15 is 0 Å². The zero-order valence-corrected chi connectivity index (χ0v) is 12.0. The molecule has 85 valence electrons. The molecule has 1 radical (unpaired) electrons. The Bertz CT molecular complexity index is 230. The first-order chi connectivity index (χ1) is 5.71. The maximum atomic E-state index is 9.32. The van der Waals surface area contributed by atoms with E-state index in [1.807, 2.05) is 0 Å². The smallest absolute Gasteiger partial charge is 0.790 e. The Labute approximate surface area is 113 Å². The van der Waals surface area contributed by atoms with Gasteiger partial charge in [-0.25, -0.2) is 0 Å². The van der Waals surface area contributed by atoms with Crippen LogP contribution in [0.1, 0.15) is 0 Å². The molecular weight excluding hydrogens is 408 g/mol. The van der Waals surface area contributed by atoms with Crippen LogP contribution in [-0.2, 0) is 30.5 Å². The van der Waals surface area contributed by atoms with Crippen molar-refractivity contribution in [2.45, 2.75) is 0 Å². The largest absolute Gasteiger partial charge is 4.00 e. The van der Waals surface area contributed by atoms with Crippen molar-refractivity contribution in [1.29, 1.82) is 10.5 Å². The first-order valence-corrected chi connectivity index (χ1v) is 4.83. The molecule has 0 rings (SSSR count). The predicted octanol–water partition coefficient (Wildman–Crippen LogP) is -3.53. The third kappa shape index (κ3) is 53.4. The molecule has 0 aromatic carbocycles. The SMILES string of the molecule is O=P([O-])([O-])OP(=O)([O-])[O-].[C-]#N.[C-]#N.[Cu+2].[Sn+4]. The van der Waals surface area contributed by atoms with Gasteiger partial charge in [-0.05, 0) is 0 Å². The molecule has 15 heavy (non-hydrogen) atoms. The van der Waals surface area contributed by atoms with Gasteiger partial charge in [-0.15, -0.1) is 0 Å². The van der Waals surface area contributed by atoms with E-state index in [1.165, 1.54) is 0 Å². The van der Waals surface area contributed by atoms with Crippen molar-refractivity contribution < 1.29 is 50.1 Å². The molecule has 0 fully saturated rings. The summed E-state index contributed by atoms with van der Waals surface area (Å²) in [6, 6.07) is 0. The van der Waals surface area contributed by atoms with Gasteiger partial charge in [0.25, 0.3) is 0 Å². The Kier molecular flexibility index (Phi) is 28.7. The fourth-order valence-corrected chi connectivity index (χ4v) is 1.10. The standard InChI is InChI=1S/2CN.Cu.H4O7P2.Sn/c2*1-2;;1-8(2,3)7-9(4,5)6;/h;;;(H2,1,2,3)(H2,4,5,6);/q2*-1;+2;;+4/p-4. The molecule has 9 nitrogen and oxygen atoms in total.